The van der Waals surface area contributed by atoms with Crippen molar-refractivity contribution in [3.05, 3.63) is 87.8 Å². The first-order chi connectivity index (χ1) is 16.9. The molecule has 1 aliphatic rings. The van der Waals surface area contributed by atoms with Crippen molar-refractivity contribution in [1.29, 1.82) is 0 Å². The number of amides is 3. The number of halogens is 1. The highest BCUT2D eigenvalue weighted by molar-refractivity contribution is 8.18. The molecule has 6 nitrogen and oxygen atoms in total. The molecule has 36 heavy (non-hydrogen) atoms. The van der Waals surface area contributed by atoms with Gasteiger partial charge in [-0.25, -0.2) is 4.39 Å². The van der Waals surface area contributed by atoms with Crippen molar-refractivity contribution < 1.29 is 18.8 Å². The SMILES string of the molecule is Cc1cc(/C=C2\SC(=O)N(CC(=O)Nc3ccc(F)cc3)C2=O)c(C)n1-c1ccc(C(C)(C)C)cc1. The lowest BCUT2D eigenvalue weighted by Gasteiger charge is -2.20. The first-order valence-corrected chi connectivity index (χ1v) is 12.4. The molecule has 1 N–H and O–H groups in total. The summed E-state index contributed by atoms with van der Waals surface area (Å²) < 4.78 is 15.2. The van der Waals surface area contributed by atoms with Crippen molar-refractivity contribution in [3.63, 3.8) is 0 Å². The van der Waals surface area contributed by atoms with Crippen molar-refractivity contribution in [2.45, 2.75) is 40.0 Å². The number of thioether (sulfide) groups is 1. The van der Waals surface area contributed by atoms with Crippen LogP contribution in [0.5, 0.6) is 0 Å². The quantitative estimate of drug-likeness (QED) is 0.419. The van der Waals surface area contributed by atoms with E-state index < -0.39 is 29.4 Å². The number of aryl methyl sites for hydroxylation is 1. The average molecular weight is 506 g/mol. The van der Waals surface area contributed by atoms with E-state index in [1.54, 1.807) is 6.08 Å². The number of benzene rings is 2. The Morgan fingerprint density at radius 1 is 1.03 bits per heavy atom. The molecule has 2 heterocycles. The molecule has 2 aromatic carbocycles. The van der Waals surface area contributed by atoms with Gasteiger partial charge in [-0.3, -0.25) is 19.3 Å². The van der Waals surface area contributed by atoms with Gasteiger partial charge in [-0.05, 0) is 90.7 Å². The third kappa shape index (κ3) is 5.28. The lowest BCUT2D eigenvalue weighted by Crippen LogP contribution is -2.36. The second-order valence-electron chi connectivity index (χ2n) is 9.78. The first kappa shape index (κ1) is 25.4. The third-order valence-electron chi connectivity index (χ3n) is 6.05. The number of imide groups is 1. The van der Waals surface area contributed by atoms with Crippen LogP contribution >= 0.6 is 11.8 Å². The van der Waals surface area contributed by atoms with E-state index in [-0.39, 0.29) is 10.3 Å². The van der Waals surface area contributed by atoms with Gasteiger partial charge in [-0.2, -0.15) is 0 Å². The minimum atomic E-state index is -0.540. The van der Waals surface area contributed by atoms with E-state index in [1.807, 2.05) is 19.9 Å². The van der Waals surface area contributed by atoms with Crippen LogP contribution in [0.2, 0.25) is 0 Å². The van der Waals surface area contributed by atoms with E-state index in [9.17, 15) is 18.8 Å². The normalized spacial score (nSPS) is 15.2. The third-order valence-corrected chi connectivity index (χ3v) is 6.96. The molecule has 0 radical (unpaired) electrons. The molecule has 3 aromatic rings. The van der Waals surface area contributed by atoms with Gasteiger partial charge in [0, 0.05) is 22.8 Å². The Morgan fingerprint density at radius 3 is 2.28 bits per heavy atom. The Hall–Kier alpha value is -3.65. The van der Waals surface area contributed by atoms with Crippen LogP contribution in [0.3, 0.4) is 0 Å². The predicted octanol–water partition coefficient (Wildman–Crippen LogP) is 6.21. The number of carbonyl (C=O) groups is 3. The predicted molar refractivity (Wildman–Crippen MR) is 142 cm³/mol. The number of hydrogen-bond donors (Lipinski definition) is 1. The average Bonchev–Trinajstić information content (AvgIpc) is 3.24. The molecule has 1 fully saturated rings. The standard InChI is InChI=1S/C28H28FN3O3S/c1-17-14-19(18(2)32(17)23-12-6-20(7-13-23)28(3,4)5)15-24-26(34)31(27(35)36-24)16-25(33)30-22-10-8-21(29)9-11-22/h6-15H,16H2,1-5H3,(H,30,33)/b24-15-. The monoisotopic (exact) mass is 505 g/mol. The number of carbonyl (C=O) groups excluding carboxylic acids is 3. The molecule has 4 rings (SSSR count). The molecule has 0 unspecified atom stereocenters. The summed E-state index contributed by atoms with van der Waals surface area (Å²) >= 11 is 0.811. The van der Waals surface area contributed by atoms with Gasteiger partial charge in [0.25, 0.3) is 11.1 Å². The fourth-order valence-electron chi connectivity index (χ4n) is 4.10. The zero-order chi connectivity index (χ0) is 26.2. The van der Waals surface area contributed by atoms with Gasteiger partial charge in [-0.1, -0.05) is 32.9 Å². The zero-order valence-corrected chi connectivity index (χ0v) is 21.7. The summed E-state index contributed by atoms with van der Waals surface area (Å²) in [7, 11) is 0. The van der Waals surface area contributed by atoms with Gasteiger partial charge in [0.1, 0.15) is 12.4 Å². The molecule has 3 amide bonds. The summed E-state index contributed by atoms with van der Waals surface area (Å²) in [6.45, 7) is 10.1. The highest BCUT2D eigenvalue weighted by Gasteiger charge is 2.36. The number of rotatable bonds is 5. The van der Waals surface area contributed by atoms with E-state index >= 15 is 0 Å². The molecule has 1 aliphatic heterocycles. The first-order valence-electron chi connectivity index (χ1n) is 11.5. The minimum absolute atomic E-state index is 0.0588. The largest absolute Gasteiger partial charge is 0.325 e. The molecule has 1 aromatic heterocycles. The van der Waals surface area contributed by atoms with Crippen LogP contribution < -0.4 is 5.32 Å². The summed E-state index contributed by atoms with van der Waals surface area (Å²) in [4.78, 5) is 39.0. The van der Waals surface area contributed by atoms with Crippen molar-refractivity contribution in [2.75, 3.05) is 11.9 Å². The van der Waals surface area contributed by atoms with Crippen LogP contribution in [0.1, 0.15) is 43.3 Å². The van der Waals surface area contributed by atoms with Gasteiger partial charge in [0.15, 0.2) is 0 Å². The van der Waals surface area contributed by atoms with E-state index in [0.717, 1.165) is 39.3 Å². The summed E-state index contributed by atoms with van der Waals surface area (Å²) in [5.74, 6) is -1.48. The number of anilines is 1. The van der Waals surface area contributed by atoms with Crippen molar-refractivity contribution >= 4 is 40.6 Å². The highest BCUT2D eigenvalue weighted by Crippen LogP contribution is 2.34. The Labute approximate surface area is 214 Å². The van der Waals surface area contributed by atoms with Gasteiger partial charge < -0.3 is 9.88 Å². The minimum Gasteiger partial charge on any atom is -0.325 e. The number of hydrogen-bond acceptors (Lipinski definition) is 4. The molecule has 0 aliphatic carbocycles. The van der Waals surface area contributed by atoms with Crippen molar-refractivity contribution in [2.24, 2.45) is 0 Å². The number of nitrogens with zero attached hydrogens (tertiary/aromatic N) is 2. The molecule has 0 spiro atoms. The van der Waals surface area contributed by atoms with Crippen LogP contribution in [0.25, 0.3) is 11.8 Å². The molecular formula is C28H28FN3O3S. The Balaban J connectivity index is 1.52. The van der Waals surface area contributed by atoms with Crippen molar-refractivity contribution in [3.8, 4) is 5.69 Å². The van der Waals surface area contributed by atoms with Crippen LogP contribution in [0, 0.1) is 19.7 Å². The van der Waals surface area contributed by atoms with Gasteiger partial charge in [0.05, 0.1) is 4.91 Å². The van der Waals surface area contributed by atoms with Crippen LogP contribution in [0.4, 0.5) is 14.9 Å². The maximum Gasteiger partial charge on any atom is 0.294 e. The second-order valence-corrected chi connectivity index (χ2v) is 10.8. The number of aromatic nitrogens is 1. The Bertz CT molecular complexity index is 1370. The fourth-order valence-corrected chi connectivity index (χ4v) is 4.93. The van der Waals surface area contributed by atoms with E-state index in [0.29, 0.717) is 5.69 Å². The second kappa shape index (κ2) is 9.78. The smallest absolute Gasteiger partial charge is 0.294 e. The highest BCUT2D eigenvalue weighted by atomic mass is 32.2. The summed E-state index contributed by atoms with van der Waals surface area (Å²) in [5.41, 5.74) is 5.47. The van der Waals surface area contributed by atoms with Crippen molar-refractivity contribution in [1.82, 2.24) is 9.47 Å². The molecule has 0 saturated carbocycles. The van der Waals surface area contributed by atoms with Crippen LogP contribution in [-0.2, 0) is 15.0 Å². The molecule has 0 bridgehead atoms. The van der Waals surface area contributed by atoms with Crippen LogP contribution in [0.15, 0.2) is 59.5 Å². The molecule has 186 valence electrons. The lowest BCUT2D eigenvalue weighted by atomic mass is 9.87. The summed E-state index contributed by atoms with van der Waals surface area (Å²) in [6.07, 6.45) is 1.70. The molecule has 1 saturated heterocycles. The number of nitrogens with one attached hydrogen (secondary N) is 1. The fraction of sp³-hybridized carbons (Fsp3) is 0.250. The summed E-state index contributed by atoms with van der Waals surface area (Å²) in [6, 6.07) is 15.6. The maximum absolute atomic E-state index is 13.1. The van der Waals surface area contributed by atoms with Gasteiger partial charge in [-0.15, -0.1) is 0 Å². The van der Waals surface area contributed by atoms with Gasteiger partial charge in [0.2, 0.25) is 5.91 Å². The zero-order valence-electron chi connectivity index (χ0n) is 20.9. The van der Waals surface area contributed by atoms with Crippen LogP contribution in [-0.4, -0.2) is 33.1 Å². The Kier molecular flexibility index (Phi) is 6.91. The molecule has 0 atom stereocenters. The van der Waals surface area contributed by atoms with E-state index in [4.69, 9.17) is 0 Å². The topological polar surface area (TPSA) is 71.4 Å². The van der Waals surface area contributed by atoms with E-state index in [1.165, 1.54) is 29.8 Å². The Morgan fingerprint density at radius 2 is 1.67 bits per heavy atom. The lowest BCUT2D eigenvalue weighted by molar-refractivity contribution is -0.127. The van der Waals surface area contributed by atoms with E-state index in [2.05, 4.69) is 54.9 Å². The molecular weight excluding hydrogens is 477 g/mol. The van der Waals surface area contributed by atoms with Gasteiger partial charge >= 0.3 is 0 Å². The summed E-state index contributed by atoms with van der Waals surface area (Å²) in [5, 5.41) is 2.06. The molecule has 8 heteroatoms. The maximum atomic E-state index is 13.1.